The van der Waals surface area contributed by atoms with Crippen LogP contribution >= 0.6 is 58.3 Å². The van der Waals surface area contributed by atoms with Crippen LogP contribution in [0.15, 0.2) is 57.8 Å². The molecule has 0 aliphatic heterocycles. The van der Waals surface area contributed by atoms with Crippen LogP contribution in [0.25, 0.3) is 0 Å². The van der Waals surface area contributed by atoms with E-state index in [1.807, 2.05) is 0 Å². The fourth-order valence-electron chi connectivity index (χ4n) is 2.28. The molecule has 0 radical (unpaired) electrons. The Kier molecular flexibility index (Phi) is 8.63. The van der Waals surface area contributed by atoms with E-state index in [1.165, 1.54) is 23.5 Å². The number of nitrogens with one attached hydrogen (secondary N) is 2. The molecule has 0 unspecified atom stereocenters. The number of rotatable bonds is 8. The second-order valence-electron chi connectivity index (χ2n) is 5.95. The van der Waals surface area contributed by atoms with Gasteiger partial charge in [0, 0.05) is 21.4 Å². The maximum absolute atomic E-state index is 12.2. The largest absolute Gasteiger partial charge is 0.325 e. The number of thioether (sulfide) groups is 2. The Morgan fingerprint density at radius 3 is 1.87 bits per heavy atom. The Bertz CT molecular complexity index is 1030. The highest BCUT2D eigenvalue weighted by atomic mass is 35.5. The van der Waals surface area contributed by atoms with E-state index in [9.17, 15) is 14.9 Å². The lowest BCUT2D eigenvalue weighted by Gasteiger charge is -2.05. The highest BCUT2D eigenvalue weighted by Crippen LogP contribution is 2.34. The van der Waals surface area contributed by atoms with E-state index in [-0.39, 0.29) is 23.3 Å². The van der Waals surface area contributed by atoms with Crippen LogP contribution < -0.4 is 10.6 Å². The molecule has 158 valence electrons. The predicted octanol–water partition coefficient (Wildman–Crippen LogP) is 5.78. The molecule has 2 aromatic carbocycles. The average Bonchev–Trinajstić information content (AvgIpc) is 3.16. The van der Waals surface area contributed by atoms with Gasteiger partial charge in [-0.15, -0.1) is 11.8 Å². The molecule has 0 spiro atoms. The fourth-order valence-corrected chi connectivity index (χ4v) is 5.22. The van der Waals surface area contributed by atoms with Crippen molar-refractivity contribution in [2.45, 2.75) is 9.24 Å². The number of hydrogen-bond acceptors (Lipinski definition) is 7. The van der Waals surface area contributed by atoms with Crippen LogP contribution in [0.4, 0.5) is 11.4 Å². The lowest BCUT2D eigenvalue weighted by molar-refractivity contribution is -0.114. The summed E-state index contributed by atoms with van der Waals surface area (Å²) in [7, 11) is 0. The number of anilines is 2. The summed E-state index contributed by atoms with van der Waals surface area (Å²) in [5, 5.41) is 16.7. The number of nitriles is 1. The minimum absolute atomic E-state index is 0.0994. The molecule has 11 heteroatoms. The second-order valence-corrected chi connectivity index (χ2v) is 9.80. The Balaban J connectivity index is 1.52. The topological polar surface area (TPSA) is 94.9 Å². The Hall–Kier alpha value is -2.22. The van der Waals surface area contributed by atoms with Gasteiger partial charge in [0.25, 0.3) is 0 Å². The van der Waals surface area contributed by atoms with Crippen molar-refractivity contribution >= 4 is 81.4 Å². The SMILES string of the molecule is N#Cc1c(SCC(=O)Nc2ccc(Cl)cc2)nsc1SCC(=O)Nc1ccc(Cl)cc1. The zero-order valence-corrected chi connectivity index (χ0v) is 19.7. The van der Waals surface area contributed by atoms with E-state index in [4.69, 9.17) is 23.2 Å². The summed E-state index contributed by atoms with van der Waals surface area (Å²) in [4.78, 5) is 24.3. The first-order valence-corrected chi connectivity index (χ1v) is 12.2. The number of amides is 2. The van der Waals surface area contributed by atoms with Crippen molar-refractivity contribution in [2.24, 2.45) is 0 Å². The molecule has 0 fully saturated rings. The molecule has 0 saturated heterocycles. The molecule has 1 heterocycles. The van der Waals surface area contributed by atoms with Gasteiger partial charge in [-0.25, -0.2) is 0 Å². The van der Waals surface area contributed by atoms with Gasteiger partial charge in [-0.2, -0.15) is 9.64 Å². The molecule has 0 aliphatic rings. The highest BCUT2D eigenvalue weighted by Gasteiger charge is 2.17. The van der Waals surface area contributed by atoms with E-state index >= 15 is 0 Å². The molecule has 1 aromatic heterocycles. The molecule has 2 amide bonds. The van der Waals surface area contributed by atoms with Gasteiger partial charge in [-0.3, -0.25) is 9.59 Å². The van der Waals surface area contributed by atoms with Crippen molar-refractivity contribution in [3.8, 4) is 6.07 Å². The number of aromatic nitrogens is 1. The lowest BCUT2D eigenvalue weighted by atomic mass is 10.3. The van der Waals surface area contributed by atoms with Crippen LogP contribution in [0.2, 0.25) is 10.0 Å². The van der Waals surface area contributed by atoms with Gasteiger partial charge in [0.1, 0.15) is 20.9 Å². The van der Waals surface area contributed by atoms with Crippen LogP contribution in [0.1, 0.15) is 5.56 Å². The van der Waals surface area contributed by atoms with E-state index in [1.54, 1.807) is 48.5 Å². The van der Waals surface area contributed by atoms with Gasteiger partial charge in [0.15, 0.2) is 0 Å². The van der Waals surface area contributed by atoms with Crippen LogP contribution in [-0.2, 0) is 9.59 Å². The van der Waals surface area contributed by atoms with Crippen molar-refractivity contribution in [1.29, 1.82) is 5.26 Å². The maximum Gasteiger partial charge on any atom is 0.234 e. The Morgan fingerprint density at radius 2 is 1.39 bits per heavy atom. The average molecular weight is 509 g/mol. The third-order valence-corrected chi connectivity index (χ3v) is 7.36. The van der Waals surface area contributed by atoms with Gasteiger partial charge < -0.3 is 10.6 Å². The Labute approximate surface area is 201 Å². The van der Waals surface area contributed by atoms with Gasteiger partial charge in [0.05, 0.1) is 11.5 Å². The van der Waals surface area contributed by atoms with E-state index in [0.29, 0.717) is 36.2 Å². The molecule has 0 bridgehead atoms. The number of hydrogen-bond donors (Lipinski definition) is 2. The molecule has 31 heavy (non-hydrogen) atoms. The maximum atomic E-state index is 12.2. The monoisotopic (exact) mass is 508 g/mol. The number of carbonyl (C=O) groups is 2. The normalized spacial score (nSPS) is 10.4. The summed E-state index contributed by atoms with van der Waals surface area (Å²) in [5.41, 5.74) is 1.65. The molecular weight excluding hydrogens is 495 g/mol. The number of halogens is 2. The zero-order valence-electron chi connectivity index (χ0n) is 15.7. The minimum Gasteiger partial charge on any atom is -0.325 e. The molecule has 3 aromatic rings. The minimum atomic E-state index is -0.222. The Morgan fingerprint density at radius 1 is 0.903 bits per heavy atom. The summed E-state index contributed by atoms with van der Waals surface area (Å²) >= 11 is 15.2. The summed E-state index contributed by atoms with van der Waals surface area (Å²) in [5.74, 6) is -0.204. The quantitative estimate of drug-likeness (QED) is 0.374. The zero-order chi connectivity index (χ0) is 22.2. The molecule has 0 atom stereocenters. The fraction of sp³-hybridized carbons (Fsp3) is 0.100. The van der Waals surface area contributed by atoms with Crippen LogP contribution in [0.3, 0.4) is 0 Å². The first-order valence-electron chi connectivity index (χ1n) is 8.71. The van der Waals surface area contributed by atoms with Crippen LogP contribution in [-0.4, -0.2) is 27.7 Å². The number of nitrogens with zero attached hydrogens (tertiary/aromatic N) is 2. The van der Waals surface area contributed by atoms with E-state index in [0.717, 1.165) is 11.5 Å². The van der Waals surface area contributed by atoms with Gasteiger partial charge in [-0.05, 0) is 60.1 Å². The first kappa shape index (κ1) is 23.4. The standard InChI is InChI=1S/C20H14Cl2N4O2S3/c21-12-1-5-14(6-2-12)24-17(27)10-29-19-16(9-23)20(31-26-19)30-11-18(28)25-15-7-3-13(22)4-8-15/h1-8H,10-11H2,(H,24,27)(H,25,28). The summed E-state index contributed by atoms with van der Waals surface area (Å²) in [6.45, 7) is 0. The smallest absolute Gasteiger partial charge is 0.234 e. The molecule has 6 nitrogen and oxygen atoms in total. The molecular formula is C20H14Cl2N4O2S3. The highest BCUT2D eigenvalue weighted by molar-refractivity contribution is 8.02. The number of carbonyl (C=O) groups excluding carboxylic acids is 2. The number of benzene rings is 2. The summed E-state index contributed by atoms with van der Waals surface area (Å²) in [6, 6.07) is 15.7. The van der Waals surface area contributed by atoms with Crippen molar-refractivity contribution in [2.75, 3.05) is 22.1 Å². The summed E-state index contributed by atoms with van der Waals surface area (Å²) < 4.78 is 4.90. The van der Waals surface area contributed by atoms with Crippen molar-refractivity contribution in [3.63, 3.8) is 0 Å². The van der Waals surface area contributed by atoms with Crippen molar-refractivity contribution in [1.82, 2.24) is 4.37 Å². The lowest BCUT2D eigenvalue weighted by Crippen LogP contribution is -2.14. The van der Waals surface area contributed by atoms with Crippen LogP contribution in [0, 0.1) is 11.3 Å². The molecule has 0 aliphatic carbocycles. The van der Waals surface area contributed by atoms with Crippen LogP contribution in [0.5, 0.6) is 0 Å². The van der Waals surface area contributed by atoms with E-state index < -0.39 is 0 Å². The second kappa shape index (κ2) is 11.4. The van der Waals surface area contributed by atoms with Crippen molar-refractivity contribution in [3.05, 3.63) is 64.1 Å². The third kappa shape index (κ3) is 7.16. The molecule has 2 N–H and O–H groups in total. The first-order chi connectivity index (χ1) is 14.9. The van der Waals surface area contributed by atoms with Gasteiger partial charge in [0.2, 0.25) is 11.8 Å². The third-order valence-electron chi connectivity index (χ3n) is 3.67. The van der Waals surface area contributed by atoms with Gasteiger partial charge in [-0.1, -0.05) is 35.0 Å². The summed E-state index contributed by atoms with van der Waals surface area (Å²) in [6.07, 6.45) is 0. The van der Waals surface area contributed by atoms with Crippen molar-refractivity contribution < 1.29 is 9.59 Å². The van der Waals surface area contributed by atoms with Gasteiger partial charge >= 0.3 is 0 Å². The molecule has 3 rings (SSSR count). The predicted molar refractivity (Wildman–Crippen MR) is 128 cm³/mol. The van der Waals surface area contributed by atoms with E-state index in [2.05, 4.69) is 21.1 Å². The molecule has 0 saturated carbocycles.